The second-order valence-corrected chi connectivity index (χ2v) is 9.08. The molecule has 1 aliphatic heterocycles. The Morgan fingerprint density at radius 1 is 1.09 bits per heavy atom. The van der Waals surface area contributed by atoms with E-state index in [1.54, 1.807) is 24.3 Å². The lowest BCUT2D eigenvalue weighted by molar-refractivity contribution is -0.119. The Labute approximate surface area is 195 Å². The van der Waals surface area contributed by atoms with Gasteiger partial charge in [-0.3, -0.25) is 4.79 Å². The first-order chi connectivity index (χ1) is 15.5. The van der Waals surface area contributed by atoms with Crippen molar-refractivity contribution in [2.24, 2.45) is 5.92 Å². The summed E-state index contributed by atoms with van der Waals surface area (Å²) in [5, 5.41) is 12.1. The molecule has 0 aliphatic carbocycles. The minimum atomic E-state index is -0.160. The number of fused-ring (bicyclic) bond motifs is 1. The molecule has 0 spiro atoms. The fourth-order valence-electron chi connectivity index (χ4n) is 3.33. The third kappa shape index (κ3) is 5.55. The van der Waals surface area contributed by atoms with Crippen LogP contribution in [0.25, 0.3) is 11.5 Å². The predicted octanol–water partition coefficient (Wildman–Crippen LogP) is 5.16. The Morgan fingerprint density at radius 3 is 2.59 bits per heavy atom. The molecule has 1 amide bonds. The lowest BCUT2D eigenvalue weighted by atomic mass is 9.95. The van der Waals surface area contributed by atoms with Crippen LogP contribution < -0.4 is 14.8 Å². The minimum Gasteiger partial charge on any atom is -0.490 e. The summed E-state index contributed by atoms with van der Waals surface area (Å²) >= 11 is 7.11. The zero-order valence-corrected chi connectivity index (χ0v) is 19.4. The normalized spacial score (nSPS) is 14.1. The number of hydrogen-bond donors (Lipinski definition) is 1. The van der Waals surface area contributed by atoms with Crippen LogP contribution in [-0.2, 0) is 4.79 Å². The van der Waals surface area contributed by atoms with Crippen molar-refractivity contribution in [3.05, 3.63) is 53.1 Å². The quantitative estimate of drug-likeness (QED) is 0.474. The summed E-state index contributed by atoms with van der Waals surface area (Å²) in [5.74, 6) is 2.08. The van der Waals surface area contributed by atoms with Gasteiger partial charge >= 0.3 is 0 Å². The maximum Gasteiger partial charge on any atom is 0.277 e. The molecule has 7 nitrogen and oxygen atoms in total. The molecule has 4 rings (SSSR count). The van der Waals surface area contributed by atoms with Gasteiger partial charge in [-0.25, -0.2) is 0 Å². The molecule has 2 aromatic carbocycles. The van der Waals surface area contributed by atoms with Gasteiger partial charge < -0.3 is 19.2 Å². The van der Waals surface area contributed by atoms with Crippen molar-refractivity contribution < 1.29 is 18.7 Å². The molecule has 32 heavy (non-hydrogen) atoms. The van der Waals surface area contributed by atoms with E-state index in [2.05, 4.69) is 29.4 Å². The molecule has 0 fully saturated rings. The molecule has 1 aliphatic rings. The molecule has 1 atom stereocenters. The first kappa shape index (κ1) is 22.5. The van der Waals surface area contributed by atoms with Crippen molar-refractivity contribution in [3.8, 4) is 23.0 Å². The first-order valence-electron chi connectivity index (χ1n) is 10.4. The molecular formula is C23H24ClN3O4S. The average molecular weight is 474 g/mol. The van der Waals surface area contributed by atoms with Crippen molar-refractivity contribution >= 4 is 29.3 Å². The van der Waals surface area contributed by atoms with E-state index in [1.165, 1.54) is 11.8 Å². The third-order valence-electron chi connectivity index (χ3n) is 4.94. The van der Waals surface area contributed by atoms with E-state index in [9.17, 15) is 4.79 Å². The standard InChI is InChI=1S/C23H24ClN3O4S/c1-14(2)21(16-6-9-18-19(12-16)30-11-3-10-29-18)25-20(28)13-32-23-27-26-22(31-23)15-4-7-17(24)8-5-15/h4-9,12,14,21H,3,10-11,13H2,1-2H3,(H,25,28)/t21-/m0/s1. The van der Waals surface area contributed by atoms with E-state index < -0.39 is 0 Å². The van der Waals surface area contributed by atoms with E-state index >= 15 is 0 Å². The number of nitrogens with one attached hydrogen (secondary N) is 1. The number of aromatic nitrogens is 2. The Hall–Kier alpha value is -2.71. The molecule has 3 aromatic rings. The van der Waals surface area contributed by atoms with Gasteiger partial charge in [0.15, 0.2) is 11.5 Å². The van der Waals surface area contributed by atoms with Crippen LogP contribution in [0.5, 0.6) is 11.5 Å². The lowest BCUT2D eigenvalue weighted by Crippen LogP contribution is -2.33. The summed E-state index contributed by atoms with van der Waals surface area (Å²) < 4.78 is 17.2. The number of thioether (sulfide) groups is 1. The number of hydrogen-bond acceptors (Lipinski definition) is 7. The molecule has 0 saturated carbocycles. The number of rotatable bonds is 7. The number of amides is 1. The van der Waals surface area contributed by atoms with Gasteiger partial charge in [-0.2, -0.15) is 0 Å². The molecule has 0 unspecified atom stereocenters. The zero-order valence-electron chi connectivity index (χ0n) is 17.8. The fourth-order valence-corrected chi connectivity index (χ4v) is 4.03. The van der Waals surface area contributed by atoms with Crippen LogP contribution >= 0.6 is 23.4 Å². The van der Waals surface area contributed by atoms with Gasteiger partial charge in [-0.1, -0.05) is 43.3 Å². The second-order valence-electron chi connectivity index (χ2n) is 7.71. The van der Waals surface area contributed by atoms with E-state index in [0.717, 1.165) is 29.0 Å². The van der Waals surface area contributed by atoms with Crippen molar-refractivity contribution in [2.45, 2.75) is 31.5 Å². The van der Waals surface area contributed by atoms with Gasteiger partial charge in [0.1, 0.15) is 0 Å². The molecule has 0 bridgehead atoms. The van der Waals surface area contributed by atoms with Crippen LogP contribution in [0.15, 0.2) is 52.1 Å². The molecule has 0 saturated heterocycles. The molecule has 0 radical (unpaired) electrons. The Balaban J connectivity index is 1.38. The van der Waals surface area contributed by atoms with Gasteiger partial charge in [0.25, 0.3) is 5.22 Å². The lowest BCUT2D eigenvalue weighted by Gasteiger charge is -2.23. The highest BCUT2D eigenvalue weighted by Crippen LogP contribution is 2.34. The Morgan fingerprint density at radius 2 is 1.84 bits per heavy atom. The van der Waals surface area contributed by atoms with Crippen LogP contribution in [0.4, 0.5) is 0 Å². The molecule has 1 N–H and O–H groups in total. The van der Waals surface area contributed by atoms with Crippen molar-refractivity contribution in [1.82, 2.24) is 15.5 Å². The maximum atomic E-state index is 12.7. The van der Waals surface area contributed by atoms with E-state index in [0.29, 0.717) is 29.3 Å². The first-order valence-corrected chi connectivity index (χ1v) is 11.8. The number of carbonyl (C=O) groups is 1. The number of ether oxygens (including phenoxy) is 2. The summed E-state index contributed by atoms with van der Waals surface area (Å²) in [6.45, 7) is 5.40. The minimum absolute atomic E-state index is 0.118. The molecule has 9 heteroatoms. The highest BCUT2D eigenvalue weighted by molar-refractivity contribution is 7.99. The summed E-state index contributed by atoms with van der Waals surface area (Å²) in [6.07, 6.45) is 0.848. The maximum absolute atomic E-state index is 12.7. The van der Waals surface area contributed by atoms with E-state index in [-0.39, 0.29) is 23.6 Å². The van der Waals surface area contributed by atoms with Gasteiger partial charge in [0, 0.05) is 17.0 Å². The SMILES string of the molecule is CC(C)[C@H](NC(=O)CSc1nnc(-c2ccc(Cl)cc2)o1)c1ccc2c(c1)OCCCO2. The van der Waals surface area contributed by atoms with E-state index in [4.69, 9.17) is 25.5 Å². The van der Waals surface area contributed by atoms with Crippen molar-refractivity contribution in [3.63, 3.8) is 0 Å². The summed E-state index contributed by atoms with van der Waals surface area (Å²) in [6, 6.07) is 12.8. The molecule has 168 valence electrons. The fraction of sp³-hybridized carbons (Fsp3) is 0.348. The van der Waals surface area contributed by atoms with Gasteiger partial charge in [-0.15, -0.1) is 10.2 Å². The van der Waals surface area contributed by atoms with Crippen LogP contribution in [0.2, 0.25) is 5.02 Å². The van der Waals surface area contributed by atoms with E-state index in [1.807, 2.05) is 18.2 Å². The number of nitrogens with zero attached hydrogens (tertiary/aromatic N) is 2. The summed E-state index contributed by atoms with van der Waals surface area (Å²) in [4.78, 5) is 12.7. The van der Waals surface area contributed by atoms with Crippen LogP contribution in [0.3, 0.4) is 0 Å². The summed E-state index contributed by atoms with van der Waals surface area (Å²) in [7, 11) is 0. The van der Waals surface area contributed by atoms with Gasteiger partial charge in [0.05, 0.1) is 25.0 Å². The monoisotopic (exact) mass is 473 g/mol. The van der Waals surface area contributed by atoms with Crippen LogP contribution in [0.1, 0.15) is 31.9 Å². The topological polar surface area (TPSA) is 86.5 Å². The van der Waals surface area contributed by atoms with Crippen molar-refractivity contribution in [2.75, 3.05) is 19.0 Å². The molecule has 2 heterocycles. The van der Waals surface area contributed by atoms with Crippen LogP contribution in [0, 0.1) is 5.92 Å². The Kier molecular flexibility index (Phi) is 7.22. The highest BCUT2D eigenvalue weighted by Gasteiger charge is 2.22. The second kappa shape index (κ2) is 10.3. The molecule has 1 aromatic heterocycles. The highest BCUT2D eigenvalue weighted by atomic mass is 35.5. The Bertz CT molecular complexity index is 1070. The third-order valence-corrected chi connectivity index (χ3v) is 6.01. The zero-order chi connectivity index (χ0) is 22.5. The number of halogens is 1. The van der Waals surface area contributed by atoms with Gasteiger partial charge in [-0.05, 0) is 47.9 Å². The number of carbonyl (C=O) groups excluding carboxylic acids is 1. The average Bonchev–Trinajstić information content (AvgIpc) is 3.13. The largest absolute Gasteiger partial charge is 0.490 e. The van der Waals surface area contributed by atoms with Crippen molar-refractivity contribution in [1.29, 1.82) is 0 Å². The predicted molar refractivity (Wildman–Crippen MR) is 123 cm³/mol. The molecular weight excluding hydrogens is 450 g/mol. The smallest absolute Gasteiger partial charge is 0.277 e. The summed E-state index contributed by atoms with van der Waals surface area (Å²) in [5.41, 5.74) is 1.75. The van der Waals surface area contributed by atoms with Crippen LogP contribution in [-0.4, -0.2) is 35.1 Å². The number of benzene rings is 2. The van der Waals surface area contributed by atoms with Gasteiger partial charge in [0.2, 0.25) is 11.8 Å².